The van der Waals surface area contributed by atoms with Crippen LogP contribution in [0, 0.1) is 10.1 Å². The van der Waals surface area contributed by atoms with Gasteiger partial charge in [-0.25, -0.2) is 0 Å². The molecule has 0 saturated heterocycles. The maximum Gasteiger partial charge on any atom is 0.298 e. The summed E-state index contributed by atoms with van der Waals surface area (Å²) in [6.45, 7) is 8.06. The van der Waals surface area contributed by atoms with Gasteiger partial charge in [-0.2, -0.15) is 4.98 Å². The molecular weight excluding hydrogens is 272 g/mol. The number of oxazole rings is 1. The van der Waals surface area contributed by atoms with E-state index in [0.717, 1.165) is 32.6 Å². The number of hydrogen-bond donors (Lipinski definition) is 1. The molecule has 2 rings (SSSR count). The summed E-state index contributed by atoms with van der Waals surface area (Å²) in [5, 5.41) is 14.0. The van der Waals surface area contributed by atoms with Gasteiger partial charge in [-0.15, -0.1) is 0 Å². The van der Waals surface area contributed by atoms with Gasteiger partial charge >= 0.3 is 0 Å². The summed E-state index contributed by atoms with van der Waals surface area (Å²) in [5.41, 5.74) is 0.677. The highest BCUT2D eigenvalue weighted by molar-refractivity contribution is 5.83. The van der Waals surface area contributed by atoms with Crippen molar-refractivity contribution >= 4 is 22.8 Å². The van der Waals surface area contributed by atoms with Crippen LogP contribution in [-0.4, -0.2) is 41.0 Å². The van der Waals surface area contributed by atoms with Gasteiger partial charge in [0.05, 0.1) is 4.92 Å². The molecule has 0 saturated carbocycles. The van der Waals surface area contributed by atoms with Crippen LogP contribution in [0.15, 0.2) is 22.6 Å². The Balaban J connectivity index is 1.97. The molecule has 1 N–H and O–H groups in total. The third kappa shape index (κ3) is 3.69. The zero-order chi connectivity index (χ0) is 15.2. The van der Waals surface area contributed by atoms with Crippen LogP contribution >= 0.6 is 0 Å². The summed E-state index contributed by atoms with van der Waals surface area (Å²) in [7, 11) is 0. The molecule has 0 amide bonds. The second kappa shape index (κ2) is 7.03. The highest BCUT2D eigenvalue weighted by Crippen LogP contribution is 2.27. The molecular formula is C14H20N4O3. The molecule has 21 heavy (non-hydrogen) atoms. The van der Waals surface area contributed by atoms with Gasteiger partial charge in [0, 0.05) is 12.6 Å². The number of hydrogen-bond acceptors (Lipinski definition) is 6. The van der Waals surface area contributed by atoms with E-state index in [1.807, 2.05) is 0 Å². The predicted octanol–water partition coefficient (Wildman–Crippen LogP) is 2.88. The van der Waals surface area contributed by atoms with E-state index in [-0.39, 0.29) is 11.2 Å². The number of non-ortho nitro benzene ring substituents is 1. The minimum Gasteiger partial charge on any atom is -0.423 e. The topological polar surface area (TPSA) is 84.4 Å². The lowest BCUT2D eigenvalue weighted by molar-refractivity contribution is -0.383. The minimum atomic E-state index is -0.449. The number of anilines is 1. The molecule has 0 spiro atoms. The van der Waals surface area contributed by atoms with Crippen LogP contribution in [0.5, 0.6) is 0 Å². The Hall–Kier alpha value is -2.15. The third-order valence-electron chi connectivity index (χ3n) is 3.42. The zero-order valence-corrected chi connectivity index (χ0v) is 12.3. The van der Waals surface area contributed by atoms with Crippen molar-refractivity contribution in [3.05, 3.63) is 28.3 Å². The minimum absolute atomic E-state index is 0.0348. The summed E-state index contributed by atoms with van der Waals surface area (Å²) in [6, 6.07) is 5.03. The van der Waals surface area contributed by atoms with Crippen molar-refractivity contribution in [2.24, 2.45) is 0 Å². The second-order valence-electron chi connectivity index (χ2n) is 4.71. The molecule has 7 nitrogen and oxygen atoms in total. The largest absolute Gasteiger partial charge is 0.423 e. The number of nitrogens with one attached hydrogen (secondary N) is 1. The first kappa shape index (κ1) is 15.2. The average molecular weight is 292 g/mol. The van der Waals surface area contributed by atoms with Crippen LogP contribution in [-0.2, 0) is 0 Å². The van der Waals surface area contributed by atoms with Crippen LogP contribution in [0.4, 0.5) is 11.7 Å². The number of nitrogens with zero attached hydrogens (tertiary/aromatic N) is 3. The van der Waals surface area contributed by atoms with E-state index in [9.17, 15) is 10.1 Å². The Morgan fingerprint density at radius 2 is 2.14 bits per heavy atom. The standard InChI is InChI=1S/C14H20N4O3/c1-3-17(4-2)10-6-9-15-14-16-13-11(18(19)20)7-5-8-12(13)21-14/h5,7-8H,3-4,6,9-10H2,1-2H3,(H,15,16). The first-order chi connectivity index (χ1) is 10.2. The molecule has 0 unspecified atom stereocenters. The molecule has 0 aliphatic carbocycles. The molecule has 114 valence electrons. The van der Waals surface area contributed by atoms with Crippen molar-refractivity contribution in [1.29, 1.82) is 0 Å². The summed E-state index contributed by atoms with van der Waals surface area (Å²) in [6.07, 6.45) is 0.961. The molecule has 0 aliphatic heterocycles. The van der Waals surface area contributed by atoms with E-state index in [1.165, 1.54) is 6.07 Å². The SMILES string of the molecule is CCN(CC)CCCNc1nc2c([N+](=O)[O-])cccc2o1. The van der Waals surface area contributed by atoms with Crippen molar-refractivity contribution in [1.82, 2.24) is 9.88 Å². The fraction of sp³-hybridized carbons (Fsp3) is 0.500. The monoisotopic (exact) mass is 292 g/mol. The van der Waals surface area contributed by atoms with Crippen LogP contribution in [0.25, 0.3) is 11.1 Å². The van der Waals surface area contributed by atoms with Crippen molar-refractivity contribution < 1.29 is 9.34 Å². The van der Waals surface area contributed by atoms with E-state index >= 15 is 0 Å². The van der Waals surface area contributed by atoms with E-state index in [4.69, 9.17) is 4.42 Å². The number of benzene rings is 1. The highest BCUT2D eigenvalue weighted by Gasteiger charge is 2.17. The number of nitro groups is 1. The van der Waals surface area contributed by atoms with E-state index in [0.29, 0.717) is 11.6 Å². The van der Waals surface area contributed by atoms with Gasteiger partial charge in [0.15, 0.2) is 11.1 Å². The maximum absolute atomic E-state index is 10.9. The van der Waals surface area contributed by atoms with Gasteiger partial charge in [-0.3, -0.25) is 10.1 Å². The number of fused-ring (bicyclic) bond motifs is 1. The third-order valence-corrected chi connectivity index (χ3v) is 3.42. The lowest BCUT2D eigenvalue weighted by atomic mass is 10.3. The maximum atomic E-state index is 10.9. The highest BCUT2D eigenvalue weighted by atomic mass is 16.6. The van der Waals surface area contributed by atoms with Crippen LogP contribution in [0.1, 0.15) is 20.3 Å². The summed E-state index contributed by atoms with van der Waals surface area (Å²) < 4.78 is 5.48. The van der Waals surface area contributed by atoms with Crippen molar-refractivity contribution in [2.45, 2.75) is 20.3 Å². The Morgan fingerprint density at radius 1 is 1.38 bits per heavy atom. The normalized spacial score (nSPS) is 11.2. The Labute approximate surface area is 123 Å². The quantitative estimate of drug-likeness (QED) is 0.457. The lowest BCUT2D eigenvalue weighted by Gasteiger charge is -2.17. The number of rotatable bonds is 8. The fourth-order valence-corrected chi connectivity index (χ4v) is 2.19. The first-order valence-electron chi connectivity index (χ1n) is 7.15. The smallest absolute Gasteiger partial charge is 0.298 e. The zero-order valence-electron chi connectivity index (χ0n) is 12.3. The van der Waals surface area contributed by atoms with Crippen LogP contribution < -0.4 is 5.32 Å². The Morgan fingerprint density at radius 3 is 2.81 bits per heavy atom. The average Bonchev–Trinajstić information content (AvgIpc) is 2.89. The van der Waals surface area contributed by atoms with Crippen molar-refractivity contribution in [3.63, 3.8) is 0 Å². The molecule has 0 radical (unpaired) electrons. The van der Waals surface area contributed by atoms with E-state index in [2.05, 4.69) is 29.0 Å². The molecule has 2 aromatic rings. The van der Waals surface area contributed by atoms with Gasteiger partial charge in [0.1, 0.15) is 0 Å². The van der Waals surface area contributed by atoms with Gasteiger partial charge in [0.2, 0.25) is 0 Å². The first-order valence-corrected chi connectivity index (χ1v) is 7.15. The molecule has 1 aromatic heterocycles. The van der Waals surface area contributed by atoms with Crippen LogP contribution in [0.3, 0.4) is 0 Å². The molecule has 1 aromatic carbocycles. The van der Waals surface area contributed by atoms with Crippen LogP contribution in [0.2, 0.25) is 0 Å². The molecule has 0 bridgehead atoms. The molecule has 0 aliphatic rings. The molecule has 0 atom stereocenters. The molecule has 0 fully saturated rings. The lowest BCUT2D eigenvalue weighted by Crippen LogP contribution is -2.25. The van der Waals surface area contributed by atoms with Gasteiger partial charge in [-0.1, -0.05) is 19.9 Å². The Bertz CT molecular complexity index is 607. The number of aromatic nitrogens is 1. The molecule has 1 heterocycles. The molecule has 7 heteroatoms. The van der Waals surface area contributed by atoms with Crippen molar-refractivity contribution in [2.75, 3.05) is 31.5 Å². The van der Waals surface area contributed by atoms with Gasteiger partial charge in [0.25, 0.3) is 11.7 Å². The van der Waals surface area contributed by atoms with Crippen molar-refractivity contribution in [3.8, 4) is 0 Å². The predicted molar refractivity (Wildman–Crippen MR) is 81.6 cm³/mol. The summed E-state index contributed by atoms with van der Waals surface area (Å²) >= 11 is 0. The van der Waals surface area contributed by atoms with E-state index in [1.54, 1.807) is 12.1 Å². The fourth-order valence-electron chi connectivity index (χ4n) is 2.19. The Kier molecular flexibility index (Phi) is 5.10. The van der Waals surface area contributed by atoms with E-state index < -0.39 is 4.92 Å². The van der Waals surface area contributed by atoms with Gasteiger partial charge < -0.3 is 14.6 Å². The summed E-state index contributed by atoms with van der Waals surface area (Å²) in [4.78, 5) is 17.0. The summed E-state index contributed by atoms with van der Waals surface area (Å²) in [5.74, 6) is 0. The number of para-hydroxylation sites is 1. The second-order valence-corrected chi connectivity index (χ2v) is 4.71. The number of nitro benzene ring substituents is 1. The van der Waals surface area contributed by atoms with Gasteiger partial charge in [-0.05, 0) is 32.1 Å².